The first-order valence-electron chi connectivity index (χ1n) is 19.1. The zero-order valence-corrected chi connectivity index (χ0v) is 30.5. The molecule has 0 aromatic heterocycles. The van der Waals surface area contributed by atoms with Gasteiger partial charge in [-0.05, 0) is 83.1 Å². The highest BCUT2D eigenvalue weighted by Gasteiger charge is 2.24. The van der Waals surface area contributed by atoms with E-state index in [4.69, 9.17) is 9.47 Å². The minimum absolute atomic E-state index is 0.126. The lowest BCUT2D eigenvalue weighted by Crippen LogP contribution is -2.20. The zero-order valence-electron chi connectivity index (χ0n) is 30.5. The van der Waals surface area contributed by atoms with Gasteiger partial charge < -0.3 is 9.47 Å². The lowest BCUT2D eigenvalue weighted by atomic mass is 9.83. The van der Waals surface area contributed by atoms with Gasteiger partial charge in [0.15, 0.2) is 0 Å². The van der Waals surface area contributed by atoms with Crippen LogP contribution in [-0.2, 0) is 4.79 Å². The minimum Gasteiger partial charge on any atom is -0.494 e. The van der Waals surface area contributed by atoms with Crippen LogP contribution in [0, 0.1) is 5.92 Å². The van der Waals surface area contributed by atoms with Crippen molar-refractivity contribution in [3.05, 3.63) is 96.1 Å². The second-order valence-corrected chi connectivity index (χ2v) is 13.7. The minimum atomic E-state index is -0.393. The summed E-state index contributed by atoms with van der Waals surface area (Å²) < 4.78 is 11.7. The predicted octanol–water partition coefficient (Wildman–Crippen LogP) is 12.9. The molecule has 49 heavy (non-hydrogen) atoms. The molecule has 0 heterocycles. The summed E-state index contributed by atoms with van der Waals surface area (Å²) in [6.45, 7) is 9.33. The van der Waals surface area contributed by atoms with Crippen molar-refractivity contribution in [1.82, 2.24) is 0 Å². The van der Waals surface area contributed by atoms with Crippen LogP contribution >= 0.6 is 0 Å². The number of benzene rings is 4. The second kappa shape index (κ2) is 20.6. The van der Waals surface area contributed by atoms with Crippen LogP contribution in [-0.4, -0.2) is 18.4 Å². The maximum atomic E-state index is 13.2. The van der Waals surface area contributed by atoms with E-state index < -0.39 is 5.97 Å². The molecule has 0 radical (unpaired) electrons. The Labute approximate surface area is 295 Å². The van der Waals surface area contributed by atoms with Crippen LogP contribution in [0.4, 0.5) is 0 Å². The number of rotatable bonds is 22. The van der Waals surface area contributed by atoms with E-state index in [2.05, 4.69) is 39.0 Å². The fourth-order valence-corrected chi connectivity index (χ4v) is 6.71. The number of hydrogen-bond acceptors (Lipinski definition) is 4. The maximum absolute atomic E-state index is 13.2. The number of Topliss-reactive ketones (excluding diaryl/α,β-unsaturated/α-hetero) is 1. The summed E-state index contributed by atoms with van der Waals surface area (Å²) in [5, 5.41) is 2.00. The number of hydrogen-bond donors (Lipinski definition) is 0. The topological polar surface area (TPSA) is 52.6 Å². The van der Waals surface area contributed by atoms with E-state index in [1.54, 1.807) is 0 Å². The van der Waals surface area contributed by atoms with E-state index in [1.807, 2.05) is 73.7 Å². The number of ketones is 1. The van der Waals surface area contributed by atoms with Crippen molar-refractivity contribution in [2.24, 2.45) is 5.92 Å². The summed E-state index contributed by atoms with van der Waals surface area (Å²) >= 11 is 0. The van der Waals surface area contributed by atoms with Crippen molar-refractivity contribution in [2.75, 3.05) is 6.61 Å². The molecule has 0 saturated heterocycles. The van der Waals surface area contributed by atoms with Crippen LogP contribution in [0.25, 0.3) is 21.9 Å². The molecule has 0 bridgehead atoms. The van der Waals surface area contributed by atoms with Gasteiger partial charge in [0.05, 0.1) is 12.2 Å². The van der Waals surface area contributed by atoms with E-state index in [0.29, 0.717) is 17.1 Å². The van der Waals surface area contributed by atoms with Crippen LogP contribution in [0.15, 0.2) is 84.9 Å². The molecule has 0 aliphatic carbocycles. The molecule has 0 aliphatic heterocycles. The van der Waals surface area contributed by atoms with Crippen LogP contribution in [0.1, 0.15) is 139 Å². The Morgan fingerprint density at radius 2 is 1.10 bits per heavy atom. The number of ether oxygens (including phenoxy) is 2. The van der Waals surface area contributed by atoms with E-state index in [0.717, 1.165) is 71.9 Å². The Balaban J connectivity index is 1.24. The van der Waals surface area contributed by atoms with Gasteiger partial charge in [-0.1, -0.05) is 147 Å². The molecule has 0 unspecified atom stereocenters. The third kappa shape index (κ3) is 11.9. The molecule has 4 rings (SSSR count). The third-order valence-electron chi connectivity index (χ3n) is 9.72. The Morgan fingerprint density at radius 3 is 1.71 bits per heavy atom. The molecule has 4 aromatic rings. The number of esters is 1. The fourth-order valence-electron chi connectivity index (χ4n) is 6.71. The molecule has 0 aliphatic rings. The molecule has 4 aromatic carbocycles. The molecular weight excluding hydrogens is 604 g/mol. The molecule has 4 nitrogen and oxygen atoms in total. The summed E-state index contributed by atoms with van der Waals surface area (Å²) in [6, 6.07) is 27.5. The number of fused-ring (bicyclic) bond motifs is 1. The van der Waals surface area contributed by atoms with E-state index in [9.17, 15) is 9.59 Å². The Morgan fingerprint density at radius 1 is 0.571 bits per heavy atom. The lowest BCUT2D eigenvalue weighted by molar-refractivity contribution is -0.124. The fraction of sp³-hybridized carbons (Fsp3) is 0.467. The molecule has 0 saturated carbocycles. The Kier molecular flexibility index (Phi) is 15.9. The molecule has 1 atom stereocenters. The van der Waals surface area contributed by atoms with Gasteiger partial charge in [0.1, 0.15) is 17.3 Å². The standard InChI is InChI=1S/C45H58O4/c1-5-8-9-10-11-12-13-14-15-16-31-48-42-28-25-36(26-29-42)35-19-21-38(22-20-35)45(47)49-43-30-27-40-32-39(23-24-41(40)33-43)34(4)44(46)37(17-6-2)18-7-3/h19-30,32-34,37H,5-18,31H2,1-4H3/t34-/m0/s1. The van der Waals surface area contributed by atoms with Gasteiger partial charge in [-0.3, -0.25) is 4.79 Å². The summed E-state index contributed by atoms with van der Waals surface area (Å²) in [7, 11) is 0. The van der Waals surface area contributed by atoms with Crippen molar-refractivity contribution in [3.63, 3.8) is 0 Å². The molecule has 262 valence electrons. The molecule has 4 heteroatoms. The SMILES string of the molecule is CCCCCCCCCCCCOc1ccc(-c2ccc(C(=O)Oc3ccc4cc([C@H](C)C(=O)C(CCC)CCC)ccc4c3)cc2)cc1. The van der Waals surface area contributed by atoms with E-state index in [-0.39, 0.29) is 11.8 Å². The van der Waals surface area contributed by atoms with Gasteiger partial charge in [0.2, 0.25) is 0 Å². The Hall–Kier alpha value is -3.92. The molecule has 0 amide bonds. The average molecular weight is 663 g/mol. The van der Waals surface area contributed by atoms with Crippen molar-refractivity contribution in [1.29, 1.82) is 0 Å². The third-order valence-corrected chi connectivity index (χ3v) is 9.72. The second-order valence-electron chi connectivity index (χ2n) is 13.7. The first-order chi connectivity index (χ1) is 23.9. The van der Waals surface area contributed by atoms with Gasteiger partial charge >= 0.3 is 5.97 Å². The van der Waals surface area contributed by atoms with Crippen molar-refractivity contribution in [3.8, 4) is 22.6 Å². The normalized spacial score (nSPS) is 11.9. The predicted molar refractivity (Wildman–Crippen MR) is 205 cm³/mol. The number of unbranched alkanes of at least 4 members (excludes halogenated alkanes) is 9. The number of carbonyl (C=O) groups excluding carboxylic acids is 2. The van der Waals surface area contributed by atoms with Crippen LogP contribution in [0.2, 0.25) is 0 Å². The smallest absolute Gasteiger partial charge is 0.343 e. The van der Waals surface area contributed by atoms with Crippen LogP contribution < -0.4 is 9.47 Å². The summed E-state index contributed by atoms with van der Waals surface area (Å²) in [5.74, 6) is 1.31. The Bertz CT molecular complexity index is 1560. The van der Waals surface area contributed by atoms with Gasteiger partial charge in [0, 0.05) is 11.8 Å². The quantitative estimate of drug-likeness (QED) is 0.0477. The first kappa shape index (κ1) is 37.9. The molecule has 0 N–H and O–H groups in total. The molecule has 0 spiro atoms. The molecular formula is C45H58O4. The maximum Gasteiger partial charge on any atom is 0.343 e. The van der Waals surface area contributed by atoms with Crippen molar-refractivity contribution >= 4 is 22.5 Å². The van der Waals surface area contributed by atoms with Gasteiger partial charge in [0.25, 0.3) is 0 Å². The van der Waals surface area contributed by atoms with E-state index >= 15 is 0 Å². The molecule has 0 fully saturated rings. The van der Waals surface area contributed by atoms with Gasteiger partial charge in [-0.25, -0.2) is 4.79 Å². The lowest BCUT2D eigenvalue weighted by Gasteiger charge is -2.20. The summed E-state index contributed by atoms with van der Waals surface area (Å²) in [6.07, 6.45) is 17.1. The largest absolute Gasteiger partial charge is 0.494 e. The summed E-state index contributed by atoms with van der Waals surface area (Å²) in [5.41, 5.74) is 3.63. The first-order valence-corrected chi connectivity index (χ1v) is 19.1. The van der Waals surface area contributed by atoms with Crippen LogP contribution in [0.5, 0.6) is 11.5 Å². The van der Waals surface area contributed by atoms with Gasteiger partial charge in [-0.15, -0.1) is 0 Å². The van der Waals surface area contributed by atoms with Crippen molar-refractivity contribution < 1.29 is 19.1 Å². The summed E-state index contributed by atoms with van der Waals surface area (Å²) in [4.78, 5) is 26.2. The van der Waals surface area contributed by atoms with Crippen molar-refractivity contribution in [2.45, 2.75) is 124 Å². The average Bonchev–Trinajstić information content (AvgIpc) is 3.13. The monoisotopic (exact) mass is 662 g/mol. The highest BCUT2D eigenvalue weighted by molar-refractivity contribution is 5.93. The van der Waals surface area contributed by atoms with Crippen LogP contribution in [0.3, 0.4) is 0 Å². The zero-order chi connectivity index (χ0) is 34.8. The van der Waals surface area contributed by atoms with Gasteiger partial charge in [-0.2, -0.15) is 0 Å². The number of carbonyl (C=O) groups is 2. The van der Waals surface area contributed by atoms with E-state index in [1.165, 1.54) is 57.8 Å². The highest BCUT2D eigenvalue weighted by atomic mass is 16.5. The highest BCUT2D eigenvalue weighted by Crippen LogP contribution is 2.30.